The van der Waals surface area contributed by atoms with Crippen LogP contribution < -0.4 is 5.32 Å². The van der Waals surface area contributed by atoms with E-state index >= 15 is 0 Å². The molecule has 0 spiro atoms. The summed E-state index contributed by atoms with van der Waals surface area (Å²) in [6.07, 6.45) is 7.68. The van der Waals surface area contributed by atoms with E-state index in [2.05, 4.69) is 26.3 Å². The molecule has 0 amide bonds. The van der Waals surface area contributed by atoms with E-state index in [1.54, 1.807) is 25.7 Å². The number of imidazole rings is 1. The first-order chi connectivity index (χ1) is 14.7. The summed E-state index contributed by atoms with van der Waals surface area (Å²) in [4.78, 5) is 12.9. The summed E-state index contributed by atoms with van der Waals surface area (Å²) in [7, 11) is 1.71. The smallest absolute Gasteiger partial charge is 0.153 e. The van der Waals surface area contributed by atoms with E-state index in [-0.39, 0.29) is 6.61 Å². The number of allylic oxidation sites excluding steroid dienone is 1. The number of aliphatic hydroxyl groups is 1. The van der Waals surface area contributed by atoms with Gasteiger partial charge in [-0.15, -0.1) is 0 Å². The molecular weight excluding hydrogens is 400 g/mol. The summed E-state index contributed by atoms with van der Waals surface area (Å²) in [6, 6.07) is 11.7. The monoisotopic (exact) mass is 420 g/mol. The Hall–Kier alpha value is -3.29. The lowest BCUT2D eigenvalue weighted by Gasteiger charge is -2.08. The fraction of sp³-hybridized carbons (Fsp3) is 0.182. The Kier molecular flexibility index (Phi) is 6.02. The van der Waals surface area contributed by atoms with Gasteiger partial charge in [-0.3, -0.25) is 9.98 Å². The topological polar surface area (TPSA) is 87.7 Å². The molecule has 0 radical (unpaired) electrons. The van der Waals surface area contributed by atoms with Gasteiger partial charge in [0.05, 0.1) is 29.7 Å². The van der Waals surface area contributed by atoms with Gasteiger partial charge in [-0.25, -0.2) is 9.50 Å². The predicted octanol–water partition coefficient (Wildman–Crippen LogP) is 3.15. The van der Waals surface area contributed by atoms with E-state index in [0.29, 0.717) is 18.0 Å². The molecule has 0 saturated heterocycles. The molecule has 0 atom stereocenters. The Morgan fingerprint density at radius 3 is 3.00 bits per heavy atom. The zero-order valence-electron chi connectivity index (χ0n) is 16.5. The lowest BCUT2D eigenvalue weighted by Crippen LogP contribution is -2.12. The van der Waals surface area contributed by atoms with E-state index in [9.17, 15) is 0 Å². The average Bonchev–Trinajstić information content (AvgIpc) is 3.16. The van der Waals surface area contributed by atoms with Crippen molar-refractivity contribution in [2.24, 2.45) is 4.99 Å². The van der Waals surface area contributed by atoms with Crippen LogP contribution in [0, 0.1) is 0 Å². The van der Waals surface area contributed by atoms with Crippen LogP contribution in [0.2, 0.25) is 5.02 Å². The van der Waals surface area contributed by atoms with Crippen molar-refractivity contribution in [1.29, 1.82) is 0 Å². The number of aromatic nitrogens is 4. The van der Waals surface area contributed by atoms with Crippen LogP contribution in [-0.2, 0) is 6.42 Å². The molecule has 0 bridgehead atoms. The van der Waals surface area contributed by atoms with Crippen LogP contribution in [0.4, 0.5) is 0 Å². The molecule has 0 unspecified atom stereocenters. The molecule has 30 heavy (non-hydrogen) atoms. The molecule has 4 aromatic rings. The number of hydrogen-bond acceptors (Lipinski definition) is 6. The quantitative estimate of drug-likeness (QED) is 0.354. The number of nitrogens with one attached hydrogen (secondary N) is 1. The second-order valence-corrected chi connectivity index (χ2v) is 7.13. The van der Waals surface area contributed by atoms with E-state index in [1.807, 2.05) is 41.0 Å². The van der Waals surface area contributed by atoms with Crippen LogP contribution >= 0.6 is 11.6 Å². The number of aliphatic imine (C=N–C) groups is 1. The number of aliphatic hydroxyl groups excluding tert-OH is 1. The predicted molar refractivity (Wildman–Crippen MR) is 120 cm³/mol. The highest BCUT2D eigenvalue weighted by atomic mass is 35.5. The number of pyridine rings is 1. The van der Waals surface area contributed by atoms with Gasteiger partial charge >= 0.3 is 0 Å². The minimum atomic E-state index is 0.0488. The zero-order chi connectivity index (χ0) is 20.9. The molecule has 0 aliphatic heterocycles. The average molecular weight is 421 g/mol. The van der Waals surface area contributed by atoms with E-state index in [4.69, 9.17) is 21.8 Å². The van der Waals surface area contributed by atoms with Crippen LogP contribution in [0.25, 0.3) is 22.1 Å². The van der Waals surface area contributed by atoms with Crippen molar-refractivity contribution in [3.05, 3.63) is 77.0 Å². The molecule has 7 nitrogen and oxygen atoms in total. The Labute approximate surface area is 178 Å². The van der Waals surface area contributed by atoms with Gasteiger partial charge in [-0.05, 0) is 35.9 Å². The summed E-state index contributed by atoms with van der Waals surface area (Å²) in [5.74, 6) is 0. The van der Waals surface area contributed by atoms with Gasteiger partial charge in [0.2, 0.25) is 0 Å². The van der Waals surface area contributed by atoms with Crippen LogP contribution in [-0.4, -0.2) is 51.1 Å². The number of nitrogens with zero attached hydrogens (tertiary/aromatic N) is 5. The maximum atomic E-state index is 8.99. The van der Waals surface area contributed by atoms with Gasteiger partial charge in [0, 0.05) is 54.6 Å². The molecule has 0 aliphatic rings. The van der Waals surface area contributed by atoms with Crippen molar-refractivity contribution in [2.75, 3.05) is 20.2 Å². The molecule has 0 saturated carbocycles. The molecule has 4 rings (SSSR count). The van der Waals surface area contributed by atoms with Gasteiger partial charge in [0.25, 0.3) is 0 Å². The zero-order valence-corrected chi connectivity index (χ0v) is 17.2. The van der Waals surface area contributed by atoms with Crippen molar-refractivity contribution in [3.8, 4) is 0 Å². The van der Waals surface area contributed by atoms with Gasteiger partial charge in [-0.2, -0.15) is 5.10 Å². The first kappa shape index (κ1) is 20.0. The molecule has 152 valence electrons. The van der Waals surface area contributed by atoms with E-state index < -0.39 is 0 Å². The maximum Gasteiger partial charge on any atom is 0.153 e. The summed E-state index contributed by atoms with van der Waals surface area (Å²) in [5, 5.41) is 18.5. The molecular formula is C22H21ClN6O. The van der Waals surface area contributed by atoms with E-state index in [0.717, 1.165) is 39.1 Å². The van der Waals surface area contributed by atoms with Crippen molar-refractivity contribution < 1.29 is 5.11 Å². The van der Waals surface area contributed by atoms with Crippen LogP contribution in [0.1, 0.15) is 17.0 Å². The molecule has 8 heteroatoms. The second-order valence-electron chi connectivity index (χ2n) is 6.72. The molecule has 1 aromatic carbocycles. The first-order valence-electron chi connectivity index (χ1n) is 9.53. The number of rotatable bonds is 7. The summed E-state index contributed by atoms with van der Waals surface area (Å²) in [6.45, 7) is 0.502. The molecule has 0 fully saturated rings. The Morgan fingerprint density at radius 1 is 1.27 bits per heavy atom. The minimum absolute atomic E-state index is 0.0488. The van der Waals surface area contributed by atoms with Crippen LogP contribution in [0.3, 0.4) is 0 Å². The van der Waals surface area contributed by atoms with Gasteiger partial charge in [0.1, 0.15) is 0 Å². The third-order valence-corrected chi connectivity index (χ3v) is 5.01. The standard InChI is InChI=1S/C22H21ClN6O/c1-24-12-17(13-25-7-8-30)20-4-5-22-27-14-18(29(22)28-20)10-16-9-15-3-2-6-26-21(15)11-19(16)23/h2-6,9,11-14,25,30H,7-8,10H2,1H3/b17-13+,24-12-. The second kappa shape index (κ2) is 9.02. The summed E-state index contributed by atoms with van der Waals surface area (Å²) >= 11 is 6.52. The maximum absolute atomic E-state index is 8.99. The van der Waals surface area contributed by atoms with Gasteiger partial charge < -0.3 is 10.4 Å². The highest BCUT2D eigenvalue weighted by Crippen LogP contribution is 2.25. The minimum Gasteiger partial charge on any atom is -0.395 e. The lowest BCUT2D eigenvalue weighted by atomic mass is 10.1. The Morgan fingerprint density at radius 2 is 2.17 bits per heavy atom. The van der Waals surface area contributed by atoms with Crippen molar-refractivity contribution >= 4 is 39.9 Å². The third kappa shape index (κ3) is 4.17. The van der Waals surface area contributed by atoms with Gasteiger partial charge in [-0.1, -0.05) is 17.7 Å². The third-order valence-electron chi connectivity index (χ3n) is 4.65. The van der Waals surface area contributed by atoms with Gasteiger partial charge in [0.15, 0.2) is 5.65 Å². The van der Waals surface area contributed by atoms with Crippen molar-refractivity contribution in [1.82, 2.24) is 24.9 Å². The Bertz CT molecular complexity index is 1250. The number of hydrogen-bond donors (Lipinski definition) is 2. The van der Waals surface area contributed by atoms with Crippen molar-refractivity contribution in [2.45, 2.75) is 6.42 Å². The van der Waals surface area contributed by atoms with Crippen LogP contribution in [0.15, 0.2) is 60.0 Å². The largest absolute Gasteiger partial charge is 0.395 e. The molecule has 2 N–H and O–H groups in total. The fourth-order valence-electron chi connectivity index (χ4n) is 3.23. The molecule has 3 aromatic heterocycles. The van der Waals surface area contributed by atoms with Crippen molar-refractivity contribution in [3.63, 3.8) is 0 Å². The summed E-state index contributed by atoms with van der Waals surface area (Å²) in [5.41, 5.74) is 5.08. The highest BCUT2D eigenvalue weighted by molar-refractivity contribution is 6.32. The molecule has 3 heterocycles. The highest BCUT2D eigenvalue weighted by Gasteiger charge is 2.11. The summed E-state index contributed by atoms with van der Waals surface area (Å²) < 4.78 is 1.82. The normalized spacial score (nSPS) is 12.3. The molecule has 0 aliphatic carbocycles. The first-order valence-corrected chi connectivity index (χ1v) is 9.91. The fourth-order valence-corrected chi connectivity index (χ4v) is 3.46. The number of halogens is 1. The number of fused-ring (bicyclic) bond motifs is 2. The SMILES string of the molecule is C/N=C\C(=C/NCCO)c1ccc2ncc(Cc3cc4cccnc4cc3Cl)n2n1. The number of benzene rings is 1. The van der Waals surface area contributed by atoms with E-state index in [1.165, 1.54) is 0 Å². The van der Waals surface area contributed by atoms with Crippen LogP contribution in [0.5, 0.6) is 0 Å². The lowest BCUT2D eigenvalue weighted by molar-refractivity contribution is 0.298. The Balaban J connectivity index is 1.71.